The molecule has 18 heavy (non-hydrogen) atoms. The van der Waals surface area contributed by atoms with Gasteiger partial charge in [-0.05, 0) is 55.0 Å². The average Bonchev–Trinajstić information content (AvgIpc) is 2.27. The van der Waals surface area contributed by atoms with Crippen molar-refractivity contribution in [3.63, 3.8) is 0 Å². The minimum absolute atomic E-state index is 0.248. The summed E-state index contributed by atoms with van der Waals surface area (Å²) in [6.07, 6.45) is 5.27. The maximum absolute atomic E-state index is 10.9. The molecule has 3 nitrogen and oxygen atoms in total. The van der Waals surface area contributed by atoms with Gasteiger partial charge in [0.05, 0.1) is 11.1 Å². The van der Waals surface area contributed by atoms with Gasteiger partial charge in [-0.1, -0.05) is 6.42 Å². The quantitative estimate of drug-likeness (QED) is 0.875. The summed E-state index contributed by atoms with van der Waals surface area (Å²) in [5.74, 6) is -0.250. The predicted molar refractivity (Wildman–Crippen MR) is 70.0 cm³/mol. The van der Waals surface area contributed by atoms with E-state index in [0.29, 0.717) is 5.92 Å². The fraction of sp³-hybridized carbons (Fsp3) is 0.333. The number of rotatable bonds is 2. The molecule has 1 N–H and O–H groups in total. The van der Waals surface area contributed by atoms with Crippen LogP contribution in [0.15, 0.2) is 24.4 Å². The van der Waals surface area contributed by atoms with Gasteiger partial charge in [-0.2, -0.15) is 0 Å². The minimum Gasteiger partial charge on any atom is -0.478 e. The highest BCUT2D eigenvalue weighted by atomic mass is 16.4. The molecule has 1 heterocycles. The lowest BCUT2D eigenvalue weighted by Crippen LogP contribution is -2.10. The average molecular weight is 241 g/mol. The monoisotopic (exact) mass is 241 g/mol. The summed E-state index contributed by atoms with van der Waals surface area (Å²) in [4.78, 5) is 15.2. The van der Waals surface area contributed by atoms with E-state index in [-0.39, 0.29) is 5.56 Å². The van der Waals surface area contributed by atoms with E-state index < -0.39 is 5.97 Å². The molecule has 1 aliphatic rings. The molecule has 1 fully saturated rings. The van der Waals surface area contributed by atoms with E-state index >= 15 is 0 Å². The molecule has 0 bridgehead atoms. The summed E-state index contributed by atoms with van der Waals surface area (Å²) in [6, 6.07) is 5.88. The van der Waals surface area contributed by atoms with Gasteiger partial charge in [0.2, 0.25) is 0 Å². The van der Waals surface area contributed by atoms with E-state index in [4.69, 9.17) is 5.11 Å². The molecule has 1 aliphatic carbocycles. The van der Waals surface area contributed by atoms with Crippen LogP contribution in [0.4, 0.5) is 0 Å². The highest BCUT2D eigenvalue weighted by Crippen LogP contribution is 2.39. The first kappa shape index (κ1) is 11.2. The van der Waals surface area contributed by atoms with Gasteiger partial charge in [0.25, 0.3) is 0 Å². The first-order valence-electron chi connectivity index (χ1n) is 6.29. The lowest BCUT2D eigenvalue weighted by molar-refractivity contribution is 0.0696. The van der Waals surface area contributed by atoms with E-state index in [1.54, 1.807) is 6.07 Å². The summed E-state index contributed by atoms with van der Waals surface area (Å²) >= 11 is 0. The molecule has 92 valence electrons. The third kappa shape index (κ3) is 1.76. The molecule has 0 atom stereocenters. The largest absolute Gasteiger partial charge is 0.478 e. The number of carbonyl (C=O) groups is 1. The van der Waals surface area contributed by atoms with Crippen molar-refractivity contribution in [3.8, 4) is 0 Å². The Morgan fingerprint density at radius 3 is 2.72 bits per heavy atom. The van der Waals surface area contributed by atoms with Gasteiger partial charge in [-0.15, -0.1) is 0 Å². The SMILES string of the molecule is Cc1cc2cc(C(=O)O)cnc2cc1C1CCC1. The molecule has 0 unspecified atom stereocenters. The molecule has 1 aromatic heterocycles. The van der Waals surface area contributed by atoms with Crippen molar-refractivity contribution in [1.29, 1.82) is 0 Å². The van der Waals surface area contributed by atoms with Crippen LogP contribution < -0.4 is 0 Å². The Morgan fingerprint density at radius 2 is 2.11 bits per heavy atom. The zero-order valence-corrected chi connectivity index (χ0v) is 10.3. The van der Waals surface area contributed by atoms with Crippen LogP contribution in [0.3, 0.4) is 0 Å². The maximum atomic E-state index is 10.9. The second-order valence-corrected chi connectivity index (χ2v) is 5.06. The van der Waals surface area contributed by atoms with E-state index in [1.807, 2.05) is 0 Å². The number of aromatic nitrogens is 1. The van der Waals surface area contributed by atoms with Crippen LogP contribution in [0.2, 0.25) is 0 Å². The molecule has 3 heteroatoms. The molecule has 1 aromatic carbocycles. The third-order valence-electron chi connectivity index (χ3n) is 3.86. The van der Waals surface area contributed by atoms with E-state index in [0.717, 1.165) is 10.9 Å². The van der Waals surface area contributed by atoms with Crippen molar-refractivity contribution in [2.45, 2.75) is 32.1 Å². The topological polar surface area (TPSA) is 50.2 Å². The summed E-state index contributed by atoms with van der Waals surface area (Å²) in [5, 5.41) is 9.88. The van der Waals surface area contributed by atoms with E-state index in [9.17, 15) is 4.79 Å². The Bertz CT molecular complexity index is 630. The van der Waals surface area contributed by atoms with Crippen molar-refractivity contribution in [3.05, 3.63) is 41.1 Å². The summed E-state index contributed by atoms with van der Waals surface area (Å²) in [6.45, 7) is 2.10. The number of hydrogen-bond donors (Lipinski definition) is 1. The molecule has 0 amide bonds. The van der Waals surface area contributed by atoms with Crippen LogP contribution in [-0.4, -0.2) is 16.1 Å². The van der Waals surface area contributed by atoms with Gasteiger partial charge < -0.3 is 5.11 Å². The number of nitrogens with zero attached hydrogens (tertiary/aromatic N) is 1. The smallest absolute Gasteiger partial charge is 0.337 e. The van der Waals surface area contributed by atoms with Crippen LogP contribution in [0, 0.1) is 6.92 Å². The van der Waals surface area contributed by atoms with Gasteiger partial charge >= 0.3 is 5.97 Å². The number of aryl methyl sites for hydroxylation is 1. The molecular weight excluding hydrogens is 226 g/mol. The van der Waals surface area contributed by atoms with Crippen LogP contribution >= 0.6 is 0 Å². The molecule has 0 radical (unpaired) electrons. The summed E-state index contributed by atoms with van der Waals surface area (Å²) in [7, 11) is 0. The van der Waals surface area contributed by atoms with Crippen LogP contribution in [-0.2, 0) is 0 Å². The third-order valence-corrected chi connectivity index (χ3v) is 3.86. The first-order chi connectivity index (χ1) is 8.65. The van der Waals surface area contributed by atoms with Gasteiger partial charge in [0.1, 0.15) is 0 Å². The highest BCUT2D eigenvalue weighted by Gasteiger charge is 2.21. The number of pyridine rings is 1. The standard InChI is InChI=1S/C15H15NO2/c1-9-5-11-6-12(15(17)18)8-16-14(11)7-13(9)10-3-2-4-10/h5-8,10H,2-4H2,1H3,(H,17,18). The second-order valence-electron chi connectivity index (χ2n) is 5.06. The molecule has 1 saturated carbocycles. The van der Waals surface area contributed by atoms with Gasteiger partial charge in [0, 0.05) is 11.6 Å². The zero-order valence-electron chi connectivity index (χ0n) is 10.3. The Labute approximate surface area is 105 Å². The summed E-state index contributed by atoms with van der Waals surface area (Å²) in [5.41, 5.74) is 3.77. The Morgan fingerprint density at radius 1 is 1.33 bits per heavy atom. The lowest BCUT2D eigenvalue weighted by atomic mass is 9.78. The van der Waals surface area contributed by atoms with Crippen LogP contribution in [0.25, 0.3) is 10.9 Å². The fourth-order valence-corrected chi connectivity index (χ4v) is 2.58. The van der Waals surface area contributed by atoms with Crippen molar-refractivity contribution in [2.75, 3.05) is 0 Å². The van der Waals surface area contributed by atoms with Crippen molar-refractivity contribution in [2.24, 2.45) is 0 Å². The zero-order chi connectivity index (χ0) is 12.7. The number of carboxylic acids is 1. The minimum atomic E-state index is -0.926. The van der Waals surface area contributed by atoms with Crippen LogP contribution in [0.1, 0.15) is 46.7 Å². The van der Waals surface area contributed by atoms with Crippen molar-refractivity contribution in [1.82, 2.24) is 4.98 Å². The molecule has 0 aliphatic heterocycles. The van der Waals surface area contributed by atoms with Gasteiger partial charge in [-0.3, -0.25) is 4.98 Å². The van der Waals surface area contributed by atoms with Gasteiger partial charge in [-0.25, -0.2) is 4.79 Å². The van der Waals surface area contributed by atoms with E-state index in [1.165, 1.54) is 36.6 Å². The Kier molecular flexibility index (Phi) is 2.54. The van der Waals surface area contributed by atoms with Crippen molar-refractivity contribution >= 4 is 16.9 Å². The Balaban J connectivity index is 2.13. The predicted octanol–water partition coefficient (Wildman–Crippen LogP) is 3.51. The first-order valence-corrected chi connectivity index (χ1v) is 6.29. The van der Waals surface area contributed by atoms with E-state index in [2.05, 4.69) is 24.0 Å². The molecule has 0 saturated heterocycles. The Hall–Kier alpha value is -1.90. The molecular formula is C15H15NO2. The lowest BCUT2D eigenvalue weighted by Gasteiger charge is -2.27. The molecule has 2 aromatic rings. The number of hydrogen-bond acceptors (Lipinski definition) is 2. The number of carboxylic acid groups (broad SMARTS) is 1. The second kappa shape index (κ2) is 4.09. The number of fused-ring (bicyclic) bond motifs is 1. The van der Waals surface area contributed by atoms with Crippen LogP contribution in [0.5, 0.6) is 0 Å². The number of aromatic carboxylic acids is 1. The molecule has 3 rings (SSSR count). The van der Waals surface area contributed by atoms with Gasteiger partial charge in [0.15, 0.2) is 0 Å². The number of benzene rings is 1. The fourth-order valence-electron chi connectivity index (χ4n) is 2.58. The molecule has 0 spiro atoms. The van der Waals surface area contributed by atoms with Crippen molar-refractivity contribution < 1.29 is 9.90 Å². The normalized spacial score (nSPS) is 15.6. The summed E-state index contributed by atoms with van der Waals surface area (Å²) < 4.78 is 0. The highest BCUT2D eigenvalue weighted by molar-refractivity contribution is 5.92. The maximum Gasteiger partial charge on any atom is 0.337 e.